The highest BCUT2D eigenvalue weighted by atomic mass is 127. The molecular formula is C21H13ClI2N2O3S2. The molecule has 0 spiro atoms. The molecule has 0 bridgehead atoms. The van der Waals surface area contributed by atoms with Crippen molar-refractivity contribution in [3.63, 3.8) is 0 Å². The Hall–Kier alpha value is -1.33. The van der Waals surface area contributed by atoms with Gasteiger partial charge in [0.1, 0.15) is 12.4 Å². The summed E-state index contributed by atoms with van der Waals surface area (Å²) in [5.74, 6) is 2.22. The fraction of sp³-hybridized carbons (Fsp3) is 0.0952. The zero-order chi connectivity index (χ0) is 22.7. The van der Waals surface area contributed by atoms with Crippen LogP contribution in [0.4, 0.5) is 0 Å². The second-order valence-electron chi connectivity index (χ2n) is 6.25. The van der Waals surface area contributed by atoms with Crippen LogP contribution in [0.5, 0.6) is 5.75 Å². The number of amides is 2. The number of hydrazine groups is 1. The summed E-state index contributed by atoms with van der Waals surface area (Å²) in [4.78, 5) is 25.8. The number of halogens is 3. The van der Waals surface area contributed by atoms with E-state index in [1.54, 1.807) is 24.3 Å². The highest BCUT2D eigenvalue weighted by Gasteiger charge is 2.34. The number of terminal acetylenes is 1. The van der Waals surface area contributed by atoms with Gasteiger partial charge in [0.25, 0.3) is 11.8 Å². The fourth-order valence-electron chi connectivity index (χ4n) is 2.60. The van der Waals surface area contributed by atoms with E-state index in [0.29, 0.717) is 15.7 Å². The molecule has 0 unspecified atom stereocenters. The summed E-state index contributed by atoms with van der Waals surface area (Å²) in [5.41, 5.74) is 4.53. The zero-order valence-corrected chi connectivity index (χ0v) is 22.6. The first kappa shape index (κ1) is 24.3. The van der Waals surface area contributed by atoms with Crippen LogP contribution in [-0.2, 0) is 4.79 Å². The van der Waals surface area contributed by atoms with E-state index in [2.05, 4.69) is 56.5 Å². The minimum Gasteiger partial charge on any atom is -0.479 e. The lowest BCUT2D eigenvalue weighted by atomic mass is 10.1. The largest absolute Gasteiger partial charge is 0.479 e. The van der Waals surface area contributed by atoms with Crippen molar-refractivity contribution >= 4 is 103 Å². The lowest BCUT2D eigenvalue weighted by Crippen LogP contribution is -2.44. The van der Waals surface area contributed by atoms with E-state index in [4.69, 9.17) is 35.0 Å². The highest BCUT2D eigenvalue weighted by molar-refractivity contribution is 14.1. The Labute approximate surface area is 221 Å². The van der Waals surface area contributed by atoms with Gasteiger partial charge in [-0.05, 0) is 106 Å². The maximum absolute atomic E-state index is 12.9. The maximum atomic E-state index is 12.9. The number of ether oxygens (including phenoxy) is 1. The van der Waals surface area contributed by atoms with Crippen molar-refractivity contribution in [2.75, 3.05) is 6.61 Å². The van der Waals surface area contributed by atoms with Gasteiger partial charge in [-0.1, -0.05) is 35.3 Å². The minimum absolute atomic E-state index is 0.175. The number of thioether (sulfide) groups is 1. The van der Waals surface area contributed by atoms with Crippen LogP contribution >= 0.6 is 80.8 Å². The van der Waals surface area contributed by atoms with E-state index in [1.165, 1.54) is 0 Å². The van der Waals surface area contributed by atoms with E-state index in [9.17, 15) is 9.59 Å². The molecule has 2 aromatic rings. The van der Waals surface area contributed by atoms with Gasteiger partial charge in [0.2, 0.25) is 0 Å². The number of rotatable bonds is 5. The van der Waals surface area contributed by atoms with Crippen molar-refractivity contribution < 1.29 is 14.3 Å². The number of nitrogens with zero attached hydrogens (tertiary/aromatic N) is 1. The molecule has 1 N–H and O–H groups in total. The molecule has 158 valence electrons. The summed E-state index contributed by atoms with van der Waals surface area (Å²) >= 11 is 16.9. The number of nitrogens with one attached hydrogen (secondary N) is 1. The zero-order valence-electron chi connectivity index (χ0n) is 15.9. The van der Waals surface area contributed by atoms with Crippen LogP contribution in [0.25, 0.3) is 6.08 Å². The third-order valence-corrected chi connectivity index (χ3v) is 7.21. The third kappa shape index (κ3) is 5.73. The molecule has 5 nitrogen and oxygen atoms in total. The Bertz CT molecular complexity index is 1150. The average Bonchev–Trinajstić information content (AvgIpc) is 2.94. The standard InChI is InChI=1S/C21H13ClI2N2O3S2/c1-3-6-29-18-15(23)8-12(9-16(18)24)10-17-20(28)26(21(30)31-17)25-19(27)13-5-4-11(2)7-14(13)22/h1,4-5,7-10H,6H2,2H3,(H,25,27)/b17-10-. The van der Waals surface area contributed by atoms with E-state index in [1.807, 2.05) is 19.1 Å². The summed E-state index contributed by atoms with van der Waals surface area (Å²) < 4.78 is 7.53. The van der Waals surface area contributed by atoms with Crippen LogP contribution in [0.2, 0.25) is 5.02 Å². The number of benzene rings is 2. The van der Waals surface area contributed by atoms with Gasteiger partial charge >= 0.3 is 0 Å². The summed E-state index contributed by atoms with van der Waals surface area (Å²) in [6.07, 6.45) is 6.98. The Kier molecular flexibility index (Phi) is 8.25. The molecular weight excluding hydrogens is 682 g/mol. The summed E-state index contributed by atoms with van der Waals surface area (Å²) in [6, 6.07) is 8.82. The lowest BCUT2D eigenvalue weighted by molar-refractivity contribution is -0.123. The van der Waals surface area contributed by atoms with Crippen LogP contribution in [0.3, 0.4) is 0 Å². The van der Waals surface area contributed by atoms with Crippen LogP contribution in [0.1, 0.15) is 21.5 Å². The molecule has 0 atom stereocenters. The van der Waals surface area contributed by atoms with Gasteiger partial charge in [-0.3, -0.25) is 15.0 Å². The number of aryl methyl sites for hydroxylation is 1. The smallest absolute Gasteiger partial charge is 0.285 e. The predicted octanol–water partition coefficient (Wildman–Crippen LogP) is 5.42. The first-order valence-corrected chi connectivity index (χ1v) is 12.4. The van der Waals surface area contributed by atoms with Crippen molar-refractivity contribution in [3.8, 4) is 18.1 Å². The van der Waals surface area contributed by atoms with E-state index in [0.717, 1.165) is 35.0 Å². The first-order chi connectivity index (χ1) is 14.7. The second kappa shape index (κ2) is 10.5. The van der Waals surface area contributed by atoms with Gasteiger partial charge in [0.05, 0.1) is 22.6 Å². The lowest BCUT2D eigenvalue weighted by Gasteiger charge is -2.16. The molecule has 10 heteroatoms. The molecule has 0 radical (unpaired) electrons. The van der Waals surface area contributed by atoms with Gasteiger partial charge in [-0.15, -0.1) is 6.42 Å². The number of thiocarbonyl (C=S) groups is 1. The number of carbonyl (C=O) groups excluding carboxylic acids is 2. The van der Waals surface area contributed by atoms with Crippen LogP contribution in [0.15, 0.2) is 35.2 Å². The maximum Gasteiger partial charge on any atom is 0.285 e. The molecule has 3 rings (SSSR count). The van der Waals surface area contributed by atoms with Crippen LogP contribution in [0, 0.1) is 26.4 Å². The van der Waals surface area contributed by atoms with Crippen molar-refractivity contribution in [3.05, 3.63) is 64.1 Å². The number of hydrogen-bond donors (Lipinski definition) is 1. The van der Waals surface area contributed by atoms with Gasteiger partial charge in [-0.2, -0.15) is 5.01 Å². The Morgan fingerprint density at radius 2 is 2.03 bits per heavy atom. The van der Waals surface area contributed by atoms with Crippen molar-refractivity contribution in [2.45, 2.75) is 6.92 Å². The normalized spacial score (nSPS) is 14.7. The molecule has 31 heavy (non-hydrogen) atoms. The molecule has 1 heterocycles. The van der Waals surface area contributed by atoms with Gasteiger partial charge in [0, 0.05) is 0 Å². The summed E-state index contributed by atoms with van der Waals surface area (Å²) in [7, 11) is 0. The molecule has 0 saturated carbocycles. The molecule has 1 fully saturated rings. The molecule has 1 saturated heterocycles. The molecule has 2 amide bonds. The van der Waals surface area contributed by atoms with Crippen molar-refractivity contribution in [1.29, 1.82) is 0 Å². The van der Waals surface area contributed by atoms with E-state index >= 15 is 0 Å². The molecule has 0 aliphatic carbocycles. The van der Waals surface area contributed by atoms with Crippen LogP contribution < -0.4 is 10.2 Å². The Morgan fingerprint density at radius 3 is 2.65 bits per heavy atom. The van der Waals surface area contributed by atoms with Gasteiger partial charge in [-0.25, -0.2) is 0 Å². The van der Waals surface area contributed by atoms with E-state index in [-0.39, 0.29) is 16.5 Å². The topological polar surface area (TPSA) is 58.6 Å². The predicted molar refractivity (Wildman–Crippen MR) is 145 cm³/mol. The van der Waals surface area contributed by atoms with Crippen molar-refractivity contribution in [2.24, 2.45) is 0 Å². The average molecular weight is 695 g/mol. The Morgan fingerprint density at radius 1 is 1.35 bits per heavy atom. The Balaban J connectivity index is 1.80. The van der Waals surface area contributed by atoms with Gasteiger partial charge in [0.15, 0.2) is 4.32 Å². The van der Waals surface area contributed by atoms with Crippen molar-refractivity contribution in [1.82, 2.24) is 10.4 Å². The highest BCUT2D eigenvalue weighted by Crippen LogP contribution is 2.34. The number of hydrogen-bond acceptors (Lipinski definition) is 5. The van der Waals surface area contributed by atoms with Gasteiger partial charge < -0.3 is 4.74 Å². The molecule has 1 aliphatic rings. The third-order valence-electron chi connectivity index (χ3n) is 3.99. The quantitative estimate of drug-likeness (QED) is 0.196. The van der Waals surface area contributed by atoms with Crippen LogP contribution in [-0.4, -0.2) is 27.8 Å². The molecule has 1 aliphatic heterocycles. The minimum atomic E-state index is -0.512. The fourth-order valence-corrected chi connectivity index (χ4v) is 6.22. The first-order valence-electron chi connectivity index (χ1n) is 8.61. The number of carbonyl (C=O) groups is 2. The monoisotopic (exact) mass is 694 g/mol. The summed E-state index contributed by atoms with van der Waals surface area (Å²) in [6.45, 7) is 2.05. The second-order valence-corrected chi connectivity index (χ2v) is 10.7. The summed E-state index contributed by atoms with van der Waals surface area (Å²) in [5, 5.41) is 1.36. The molecule has 0 aromatic heterocycles. The SMILES string of the molecule is C#CCOc1c(I)cc(/C=C2\SC(=S)N(NC(=O)c3ccc(C)cc3Cl)C2=O)cc1I. The van der Waals surface area contributed by atoms with E-state index < -0.39 is 11.8 Å². The molecule has 2 aromatic carbocycles.